The normalized spacial score (nSPS) is 11.2. The topological polar surface area (TPSA) is 26.0 Å². The molecule has 0 unspecified atom stereocenters. The first kappa shape index (κ1) is 21.6. The van der Waals surface area contributed by atoms with Gasteiger partial charge in [0.15, 0.2) is 0 Å². The molecule has 0 fully saturated rings. The molecule has 0 atom stereocenters. The molecular weight excluding hydrogens is 583 g/mol. The molecular formula is C30H22IrNO-. The van der Waals surface area contributed by atoms with Gasteiger partial charge in [-0.1, -0.05) is 71.6 Å². The van der Waals surface area contributed by atoms with Gasteiger partial charge in [-0.3, -0.25) is 4.98 Å². The minimum Gasteiger partial charge on any atom is -0.446 e. The van der Waals surface area contributed by atoms with Crippen molar-refractivity contribution in [2.45, 2.75) is 20.8 Å². The van der Waals surface area contributed by atoms with Gasteiger partial charge >= 0.3 is 0 Å². The molecule has 6 rings (SSSR count). The summed E-state index contributed by atoms with van der Waals surface area (Å²) in [6, 6.07) is 30.8. The van der Waals surface area contributed by atoms with Crippen LogP contribution in [0.15, 0.2) is 83.3 Å². The van der Waals surface area contributed by atoms with Crippen molar-refractivity contribution in [1.29, 1.82) is 0 Å². The van der Waals surface area contributed by atoms with E-state index in [1.54, 1.807) is 0 Å². The second-order valence-corrected chi connectivity index (χ2v) is 8.47. The van der Waals surface area contributed by atoms with Crippen molar-refractivity contribution in [2.75, 3.05) is 0 Å². The zero-order chi connectivity index (χ0) is 21.8. The van der Waals surface area contributed by atoms with E-state index >= 15 is 0 Å². The zero-order valence-corrected chi connectivity index (χ0v) is 21.1. The van der Waals surface area contributed by atoms with E-state index in [9.17, 15) is 0 Å². The molecule has 0 N–H and O–H groups in total. The van der Waals surface area contributed by atoms with E-state index in [0.717, 1.165) is 38.4 Å². The molecule has 0 spiro atoms. The Balaban J connectivity index is 0.00000228. The van der Waals surface area contributed by atoms with E-state index < -0.39 is 0 Å². The quantitative estimate of drug-likeness (QED) is 0.147. The van der Waals surface area contributed by atoms with E-state index in [0.29, 0.717) is 5.89 Å². The molecule has 0 saturated carbocycles. The fraction of sp³-hybridized carbons (Fsp3) is 0.100. The fourth-order valence-electron chi connectivity index (χ4n) is 4.91. The van der Waals surface area contributed by atoms with Crippen LogP contribution in [0, 0.1) is 26.8 Å². The van der Waals surface area contributed by atoms with E-state index in [1.807, 2.05) is 18.2 Å². The Labute approximate surface area is 206 Å². The van der Waals surface area contributed by atoms with Gasteiger partial charge in [-0.25, -0.2) is 0 Å². The second kappa shape index (κ2) is 8.26. The summed E-state index contributed by atoms with van der Waals surface area (Å²) < 4.78 is 6.42. The van der Waals surface area contributed by atoms with Gasteiger partial charge in [-0.05, 0) is 54.5 Å². The van der Waals surface area contributed by atoms with Crippen molar-refractivity contribution in [3.05, 3.63) is 102 Å². The number of aryl methyl sites for hydroxylation is 3. The van der Waals surface area contributed by atoms with Crippen molar-refractivity contribution in [3.8, 4) is 22.6 Å². The van der Waals surface area contributed by atoms with Crippen molar-refractivity contribution >= 4 is 32.6 Å². The summed E-state index contributed by atoms with van der Waals surface area (Å²) >= 11 is 0. The summed E-state index contributed by atoms with van der Waals surface area (Å²) in [6.07, 6.45) is 0. The van der Waals surface area contributed by atoms with Gasteiger partial charge in [0.25, 0.3) is 0 Å². The minimum absolute atomic E-state index is 0. The van der Waals surface area contributed by atoms with Crippen LogP contribution in [0.5, 0.6) is 0 Å². The van der Waals surface area contributed by atoms with Crippen LogP contribution < -0.4 is 0 Å². The first-order chi connectivity index (χ1) is 15.6. The average Bonchev–Trinajstić information content (AvgIpc) is 3.25. The van der Waals surface area contributed by atoms with Crippen LogP contribution in [0.2, 0.25) is 0 Å². The number of aromatic nitrogens is 1. The molecule has 0 aliphatic rings. The summed E-state index contributed by atoms with van der Waals surface area (Å²) in [5.41, 5.74) is 8.88. The molecule has 6 aromatic rings. The number of benzene rings is 5. The predicted octanol–water partition coefficient (Wildman–Crippen LogP) is 8.19. The third kappa shape index (κ3) is 3.31. The second-order valence-electron chi connectivity index (χ2n) is 8.47. The van der Waals surface area contributed by atoms with E-state index in [2.05, 4.69) is 87.5 Å². The maximum Gasteiger partial charge on any atom is 0.217 e. The zero-order valence-electron chi connectivity index (χ0n) is 18.7. The van der Waals surface area contributed by atoms with Crippen LogP contribution in [-0.2, 0) is 20.1 Å². The summed E-state index contributed by atoms with van der Waals surface area (Å²) in [6.45, 7) is 6.45. The molecule has 1 aromatic heterocycles. The minimum atomic E-state index is 0. The van der Waals surface area contributed by atoms with Gasteiger partial charge in [-0.2, -0.15) is 0 Å². The molecule has 163 valence electrons. The van der Waals surface area contributed by atoms with Crippen molar-refractivity contribution in [2.24, 2.45) is 0 Å². The number of oxazole rings is 1. The van der Waals surface area contributed by atoms with Gasteiger partial charge in [0.2, 0.25) is 5.89 Å². The largest absolute Gasteiger partial charge is 0.446 e. The maximum absolute atomic E-state index is 6.42. The van der Waals surface area contributed by atoms with Crippen LogP contribution in [0.3, 0.4) is 0 Å². The van der Waals surface area contributed by atoms with E-state index in [1.165, 1.54) is 27.6 Å². The average molecular weight is 605 g/mol. The Hall–Kier alpha value is -3.26. The summed E-state index contributed by atoms with van der Waals surface area (Å²) in [4.78, 5) is 5.00. The van der Waals surface area contributed by atoms with Gasteiger partial charge in [-0.15, -0.1) is 23.6 Å². The molecule has 33 heavy (non-hydrogen) atoms. The van der Waals surface area contributed by atoms with Gasteiger partial charge in [0.1, 0.15) is 5.58 Å². The molecule has 1 radical (unpaired) electrons. The molecule has 0 aliphatic carbocycles. The number of fused-ring (bicyclic) bond motifs is 6. The monoisotopic (exact) mass is 605 g/mol. The van der Waals surface area contributed by atoms with Gasteiger partial charge in [0.05, 0.1) is 0 Å². The van der Waals surface area contributed by atoms with Crippen LogP contribution in [-0.4, -0.2) is 4.98 Å². The van der Waals surface area contributed by atoms with Gasteiger partial charge in [0, 0.05) is 36.6 Å². The Morgan fingerprint density at radius 1 is 0.697 bits per heavy atom. The SMILES string of the molecule is Cc1ccccc1-c1nc2c3[c-]ccc(-c4c(C)cccc4C)c3c3ccccc3c2o1.[Ir]. The standard InChI is InChI=1S/C30H22NO.Ir/c1-18-10-4-5-13-21(18)30-31-28-25-17-9-16-24(26-19(2)11-8-12-20(26)3)27(25)22-14-6-7-15-23(22)29(28)32-30;/h4-16H,1-3H3;/q-1;. The van der Waals surface area contributed by atoms with Crippen molar-refractivity contribution in [1.82, 2.24) is 4.98 Å². The van der Waals surface area contributed by atoms with Gasteiger partial charge < -0.3 is 4.42 Å². The van der Waals surface area contributed by atoms with Crippen molar-refractivity contribution in [3.63, 3.8) is 0 Å². The number of nitrogens with zero attached hydrogens (tertiary/aromatic N) is 1. The third-order valence-electron chi connectivity index (χ3n) is 6.43. The van der Waals surface area contributed by atoms with Crippen LogP contribution in [0.1, 0.15) is 16.7 Å². The Morgan fingerprint density at radius 3 is 2.12 bits per heavy atom. The van der Waals surface area contributed by atoms with E-state index in [-0.39, 0.29) is 20.1 Å². The molecule has 0 saturated heterocycles. The smallest absolute Gasteiger partial charge is 0.217 e. The number of rotatable bonds is 2. The Morgan fingerprint density at radius 2 is 1.36 bits per heavy atom. The first-order valence-electron chi connectivity index (χ1n) is 10.9. The fourth-order valence-corrected chi connectivity index (χ4v) is 4.91. The molecule has 3 heteroatoms. The molecule has 5 aromatic carbocycles. The van der Waals surface area contributed by atoms with Crippen LogP contribution >= 0.6 is 0 Å². The molecule has 1 heterocycles. The molecule has 0 amide bonds. The summed E-state index contributed by atoms with van der Waals surface area (Å²) in [5, 5.41) is 4.42. The number of hydrogen-bond donors (Lipinski definition) is 0. The van der Waals surface area contributed by atoms with Crippen molar-refractivity contribution < 1.29 is 24.5 Å². The summed E-state index contributed by atoms with van der Waals surface area (Å²) in [7, 11) is 0. The van der Waals surface area contributed by atoms with Crippen LogP contribution in [0.25, 0.3) is 55.2 Å². The molecule has 2 nitrogen and oxygen atoms in total. The molecule has 0 bridgehead atoms. The maximum atomic E-state index is 6.42. The molecule has 0 aliphatic heterocycles. The first-order valence-corrected chi connectivity index (χ1v) is 10.9. The predicted molar refractivity (Wildman–Crippen MR) is 133 cm³/mol. The summed E-state index contributed by atoms with van der Waals surface area (Å²) in [5.74, 6) is 0.654. The van der Waals surface area contributed by atoms with Crippen LogP contribution in [0.4, 0.5) is 0 Å². The van der Waals surface area contributed by atoms with E-state index in [4.69, 9.17) is 9.40 Å². The number of hydrogen-bond acceptors (Lipinski definition) is 2. The third-order valence-corrected chi connectivity index (χ3v) is 6.43. The Kier molecular flexibility index (Phi) is 5.40. The Bertz CT molecular complexity index is 1640.